The molecule has 1 spiro atoms. The van der Waals surface area contributed by atoms with Gasteiger partial charge in [-0.25, -0.2) is 18.1 Å². The summed E-state index contributed by atoms with van der Waals surface area (Å²) in [5.41, 5.74) is 0.812. The number of nitrogens with one attached hydrogen (secondary N) is 1. The molecule has 11 heteroatoms. The molecular weight excluding hydrogens is 464 g/mol. The first kappa shape index (κ1) is 22.3. The van der Waals surface area contributed by atoms with Gasteiger partial charge in [0.05, 0.1) is 13.8 Å². The number of hydrogen-bond acceptors (Lipinski definition) is 7. The SMILES string of the molecule is COc1ccc2c(c1)CCCC21NC(=O)N(CN2CCN(S(=O)(=O)c3cccs3)CC2)C1=O. The second-order valence-electron chi connectivity index (χ2n) is 8.54. The van der Waals surface area contributed by atoms with E-state index in [2.05, 4.69) is 5.32 Å². The highest BCUT2D eigenvalue weighted by Crippen LogP contribution is 2.41. The van der Waals surface area contributed by atoms with Crippen molar-refractivity contribution in [3.63, 3.8) is 0 Å². The molecule has 9 nitrogen and oxygen atoms in total. The van der Waals surface area contributed by atoms with Crippen molar-refractivity contribution in [1.29, 1.82) is 0 Å². The van der Waals surface area contributed by atoms with E-state index >= 15 is 0 Å². The Kier molecular flexibility index (Phi) is 5.68. The monoisotopic (exact) mass is 490 g/mol. The van der Waals surface area contributed by atoms with Gasteiger partial charge >= 0.3 is 6.03 Å². The second-order valence-corrected chi connectivity index (χ2v) is 11.7. The number of benzene rings is 1. The first-order valence-electron chi connectivity index (χ1n) is 10.9. The number of amides is 3. The van der Waals surface area contributed by atoms with Crippen LogP contribution in [0.4, 0.5) is 4.79 Å². The van der Waals surface area contributed by atoms with Crippen LogP contribution in [0.2, 0.25) is 0 Å². The number of urea groups is 1. The first-order chi connectivity index (χ1) is 15.8. The van der Waals surface area contributed by atoms with Gasteiger partial charge in [0.25, 0.3) is 15.9 Å². The molecule has 1 atom stereocenters. The smallest absolute Gasteiger partial charge is 0.326 e. The molecule has 2 fully saturated rings. The minimum atomic E-state index is -3.50. The molecule has 1 aromatic heterocycles. The number of piperazine rings is 1. The van der Waals surface area contributed by atoms with Gasteiger partial charge in [-0.15, -0.1) is 11.3 Å². The maximum Gasteiger partial charge on any atom is 0.326 e. The van der Waals surface area contributed by atoms with Crippen molar-refractivity contribution in [1.82, 2.24) is 19.4 Å². The lowest BCUT2D eigenvalue weighted by Crippen LogP contribution is -2.53. The summed E-state index contributed by atoms with van der Waals surface area (Å²) in [6, 6.07) is 8.56. The lowest BCUT2D eigenvalue weighted by atomic mass is 9.76. The van der Waals surface area contributed by atoms with Gasteiger partial charge in [0.2, 0.25) is 0 Å². The Labute approximate surface area is 197 Å². The number of nitrogens with zero attached hydrogens (tertiary/aromatic N) is 3. The van der Waals surface area contributed by atoms with Crippen LogP contribution < -0.4 is 10.1 Å². The van der Waals surface area contributed by atoms with Gasteiger partial charge in [-0.3, -0.25) is 9.69 Å². The predicted octanol–water partition coefficient (Wildman–Crippen LogP) is 1.80. The molecular formula is C22H26N4O5S2. The predicted molar refractivity (Wildman–Crippen MR) is 123 cm³/mol. The number of hydrogen-bond donors (Lipinski definition) is 1. The highest BCUT2D eigenvalue weighted by molar-refractivity contribution is 7.91. The fourth-order valence-corrected chi connectivity index (χ4v) is 7.52. The van der Waals surface area contributed by atoms with Crippen molar-refractivity contribution in [2.45, 2.75) is 29.0 Å². The average molecular weight is 491 g/mol. The lowest BCUT2D eigenvalue weighted by Gasteiger charge is -2.36. The number of carbonyl (C=O) groups excluding carboxylic acids is 2. The third kappa shape index (κ3) is 3.72. The Morgan fingerprint density at radius 3 is 2.64 bits per heavy atom. The summed E-state index contributed by atoms with van der Waals surface area (Å²) >= 11 is 1.20. The van der Waals surface area contributed by atoms with Crippen molar-refractivity contribution < 1.29 is 22.7 Å². The Morgan fingerprint density at radius 1 is 1.15 bits per heavy atom. The Bertz CT molecular complexity index is 1180. The standard InChI is InChI=1S/C22H26N4O5S2/c1-31-17-6-7-18-16(14-17)4-2-8-22(18)20(27)26(21(28)23-22)15-24-9-11-25(12-10-24)33(29,30)19-5-3-13-32-19/h3,5-7,13-14H,2,4,8-12,15H2,1H3,(H,23,28). The summed E-state index contributed by atoms with van der Waals surface area (Å²) in [7, 11) is -1.89. The molecule has 3 amide bonds. The average Bonchev–Trinajstić information content (AvgIpc) is 3.44. The number of imide groups is 1. The summed E-state index contributed by atoms with van der Waals surface area (Å²) in [5.74, 6) is 0.488. The van der Waals surface area contributed by atoms with Gasteiger partial charge in [0.15, 0.2) is 0 Å². The van der Waals surface area contributed by atoms with Crippen molar-refractivity contribution in [2.24, 2.45) is 0 Å². The minimum Gasteiger partial charge on any atom is -0.497 e. The molecule has 2 aliphatic heterocycles. The number of aryl methyl sites for hydroxylation is 1. The largest absolute Gasteiger partial charge is 0.497 e. The molecule has 0 bridgehead atoms. The zero-order chi connectivity index (χ0) is 23.2. The van der Waals surface area contributed by atoms with Crippen LogP contribution in [0.25, 0.3) is 0 Å². The van der Waals surface area contributed by atoms with E-state index in [-0.39, 0.29) is 12.6 Å². The molecule has 3 heterocycles. The number of methoxy groups -OCH3 is 1. The Hall–Kier alpha value is -2.47. The number of carbonyl (C=O) groups is 2. The van der Waals surface area contributed by atoms with Gasteiger partial charge in [-0.05, 0) is 54.0 Å². The van der Waals surface area contributed by atoms with Crippen LogP contribution in [0.5, 0.6) is 5.75 Å². The highest BCUT2D eigenvalue weighted by Gasteiger charge is 2.54. The summed E-state index contributed by atoms with van der Waals surface area (Å²) in [5, 5.41) is 4.72. The van der Waals surface area contributed by atoms with E-state index in [1.807, 2.05) is 23.1 Å². The zero-order valence-corrected chi connectivity index (χ0v) is 20.0. The van der Waals surface area contributed by atoms with Crippen LogP contribution in [-0.4, -0.2) is 74.4 Å². The van der Waals surface area contributed by atoms with Crippen LogP contribution >= 0.6 is 11.3 Å². The van der Waals surface area contributed by atoms with E-state index < -0.39 is 21.6 Å². The summed E-state index contributed by atoms with van der Waals surface area (Å²) in [6.07, 6.45) is 2.18. The molecule has 1 aliphatic carbocycles. The third-order valence-corrected chi connectivity index (χ3v) is 9.98. The molecule has 33 heavy (non-hydrogen) atoms. The Morgan fingerprint density at radius 2 is 1.94 bits per heavy atom. The van der Waals surface area contributed by atoms with Crippen molar-refractivity contribution in [3.8, 4) is 5.75 Å². The number of ether oxygens (including phenoxy) is 1. The van der Waals surface area contributed by atoms with E-state index in [1.165, 1.54) is 20.5 Å². The maximum atomic E-state index is 13.5. The minimum absolute atomic E-state index is 0.144. The van der Waals surface area contributed by atoms with E-state index in [4.69, 9.17) is 4.74 Å². The lowest BCUT2D eigenvalue weighted by molar-refractivity contribution is -0.133. The molecule has 0 saturated carbocycles. The third-order valence-electron chi connectivity index (χ3n) is 6.71. The van der Waals surface area contributed by atoms with E-state index in [0.29, 0.717) is 36.8 Å². The maximum absolute atomic E-state index is 13.5. The number of thiophene rings is 1. The van der Waals surface area contributed by atoms with Crippen molar-refractivity contribution >= 4 is 33.3 Å². The van der Waals surface area contributed by atoms with Crippen LogP contribution in [0.3, 0.4) is 0 Å². The van der Waals surface area contributed by atoms with Gasteiger partial charge in [-0.2, -0.15) is 4.31 Å². The Balaban J connectivity index is 1.29. The molecule has 176 valence electrons. The van der Waals surface area contributed by atoms with Crippen molar-refractivity contribution in [3.05, 3.63) is 46.8 Å². The molecule has 1 N–H and O–H groups in total. The molecule has 5 rings (SSSR count). The summed E-state index contributed by atoms with van der Waals surface area (Å²) in [4.78, 5) is 29.6. The topological polar surface area (TPSA) is 99.3 Å². The highest BCUT2D eigenvalue weighted by atomic mass is 32.2. The fraction of sp³-hybridized carbons (Fsp3) is 0.455. The van der Waals surface area contributed by atoms with Crippen molar-refractivity contribution in [2.75, 3.05) is 40.0 Å². The molecule has 1 aromatic carbocycles. The molecule has 3 aliphatic rings. The van der Waals surface area contributed by atoms with Gasteiger partial charge < -0.3 is 10.1 Å². The van der Waals surface area contributed by atoms with Gasteiger partial charge in [0.1, 0.15) is 15.5 Å². The van der Waals surface area contributed by atoms with Crippen LogP contribution in [0.1, 0.15) is 24.0 Å². The summed E-state index contributed by atoms with van der Waals surface area (Å²) in [6.45, 7) is 1.67. The molecule has 1 unspecified atom stereocenters. The fourth-order valence-electron chi connectivity index (χ4n) is 4.95. The van der Waals surface area contributed by atoms with E-state index in [9.17, 15) is 18.0 Å². The number of fused-ring (bicyclic) bond motifs is 2. The van der Waals surface area contributed by atoms with Crippen LogP contribution in [0, 0.1) is 0 Å². The van der Waals surface area contributed by atoms with E-state index in [0.717, 1.165) is 29.7 Å². The molecule has 0 radical (unpaired) electrons. The summed E-state index contributed by atoms with van der Waals surface area (Å²) < 4.78 is 32.6. The quantitative estimate of drug-likeness (QED) is 0.642. The van der Waals surface area contributed by atoms with Crippen LogP contribution in [-0.2, 0) is 26.8 Å². The van der Waals surface area contributed by atoms with E-state index in [1.54, 1.807) is 24.6 Å². The van der Waals surface area contributed by atoms with Gasteiger partial charge in [0, 0.05) is 26.2 Å². The first-order valence-corrected chi connectivity index (χ1v) is 13.2. The normalized spacial score (nSPS) is 24.2. The number of sulfonamides is 1. The second kappa shape index (κ2) is 8.39. The molecule has 2 saturated heterocycles. The zero-order valence-electron chi connectivity index (χ0n) is 18.3. The van der Waals surface area contributed by atoms with Crippen LogP contribution in [0.15, 0.2) is 39.9 Å². The molecule has 2 aromatic rings. The van der Waals surface area contributed by atoms with Gasteiger partial charge in [-0.1, -0.05) is 12.1 Å². The number of rotatable bonds is 5.